The van der Waals surface area contributed by atoms with Crippen LogP contribution in [0.4, 0.5) is 0 Å². The van der Waals surface area contributed by atoms with Crippen molar-refractivity contribution in [3.05, 3.63) is 18.0 Å². The normalized spacial score (nSPS) is 10.2. The molecule has 0 amide bonds. The van der Waals surface area contributed by atoms with Crippen molar-refractivity contribution in [1.82, 2.24) is 9.13 Å². The van der Waals surface area contributed by atoms with Crippen molar-refractivity contribution in [1.29, 1.82) is 0 Å². The number of imidazole rings is 1. The van der Waals surface area contributed by atoms with E-state index in [9.17, 15) is 0 Å². The molecule has 12 heavy (non-hydrogen) atoms. The second-order valence-electron chi connectivity index (χ2n) is 2.69. The third-order valence-corrected chi connectivity index (χ3v) is 1.69. The minimum atomic E-state index is 0.672. The second kappa shape index (κ2) is 4.11. The lowest BCUT2D eigenvalue weighted by atomic mass is 10.7. The highest BCUT2D eigenvalue weighted by molar-refractivity contribution is 4.77. The topological polar surface area (TPSA) is 31.4 Å². The highest BCUT2D eigenvalue weighted by Gasteiger charge is 1.90. The van der Waals surface area contributed by atoms with E-state index in [1.807, 2.05) is 35.6 Å². The highest BCUT2D eigenvalue weighted by Crippen LogP contribution is 1.77. The van der Waals surface area contributed by atoms with Gasteiger partial charge in [-0.15, -0.1) is 0 Å². The van der Waals surface area contributed by atoms with Crippen LogP contribution in [0.1, 0.15) is 0 Å². The summed E-state index contributed by atoms with van der Waals surface area (Å²) in [6.07, 6.45) is 3.96. The molecule has 0 fully saturated rings. The van der Waals surface area contributed by atoms with Crippen molar-refractivity contribution in [3.8, 4) is 0 Å². The van der Waals surface area contributed by atoms with Crippen LogP contribution in [0.15, 0.2) is 17.4 Å². The van der Waals surface area contributed by atoms with Crippen LogP contribution in [0.5, 0.6) is 0 Å². The zero-order valence-corrected chi connectivity index (χ0v) is 7.82. The molecule has 0 saturated carbocycles. The van der Waals surface area contributed by atoms with Gasteiger partial charge in [-0.2, -0.15) is 0 Å². The molecule has 0 N–H and O–H groups in total. The van der Waals surface area contributed by atoms with Gasteiger partial charge in [0.1, 0.15) is 0 Å². The van der Waals surface area contributed by atoms with E-state index in [1.54, 1.807) is 7.11 Å². The summed E-state index contributed by atoms with van der Waals surface area (Å²) in [4.78, 5) is 4.36. The molecule has 0 aliphatic rings. The summed E-state index contributed by atoms with van der Waals surface area (Å²) >= 11 is 0. The maximum absolute atomic E-state index is 4.91. The molecule has 0 radical (unpaired) electrons. The minimum absolute atomic E-state index is 0.672. The number of nitrogens with zero attached hydrogens (tertiary/aromatic N) is 3. The minimum Gasteiger partial charge on any atom is -0.383 e. The Labute approximate surface area is 72.1 Å². The van der Waals surface area contributed by atoms with Gasteiger partial charge in [-0.1, -0.05) is 0 Å². The van der Waals surface area contributed by atoms with Crippen molar-refractivity contribution >= 4 is 0 Å². The van der Waals surface area contributed by atoms with Gasteiger partial charge in [0.25, 0.3) is 0 Å². The quantitative estimate of drug-likeness (QED) is 0.582. The van der Waals surface area contributed by atoms with Gasteiger partial charge < -0.3 is 13.9 Å². The molecule has 0 saturated heterocycles. The van der Waals surface area contributed by atoms with Crippen LogP contribution in [-0.2, 0) is 18.8 Å². The summed E-state index contributed by atoms with van der Waals surface area (Å²) in [5, 5.41) is 0. The summed E-state index contributed by atoms with van der Waals surface area (Å²) in [5.41, 5.74) is 0.965. The van der Waals surface area contributed by atoms with Gasteiger partial charge in [0.15, 0.2) is 0 Å². The summed E-state index contributed by atoms with van der Waals surface area (Å²) in [6.45, 7) is 1.38. The maximum Gasteiger partial charge on any atom is 0.204 e. The number of hydrogen-bond acceptors (Lipinski definition) is 2. The molecule has 4 nitrogen and oxygen atoms in total. The molecule has 68 valence electrons. The monoisotopic (exact) mass is 169 g/mol. The average Bonchev–Trinajstić information content (AvgIpc) is 2.35. The number of aromatic nitrogens is 2. The Kier molecular flexibility index (Phi) is 3.10. The Balaban J connectivity index is 2.78. The zero-order valence-electron chi connectivity index (χ0n) is 7.82. The lowest BCUT2D eigenvalue weighted by molar-refractivity contribution is 0.207. The van der Waals surface area contributed by atoms with Crippen molar-refractivity contribution in [2.75, 3.05) is 20.3 Å². The maximum atomic E-state index is 4.91. The van der Waals surface area contributed by atoms with Crippen molar-refractivity contribution in [2.24, 2.45) is 19.1 Å². The van der Waals surface area contributed by atoms with E-state index in [0.29, 0.717) is 13.2 Å². The molecule has 0 spiro atoms. The SMILES string of the molecule is COCCN=c1n(C)ccn1C. The molecule has 1 rings (SSSR count). The van der Waals surface area contributed by atoms with Gasteiger partial charge in [-0.3, -0.25) is 0 Å². The molecule has 0 aromatic carbocycles. The molecule has 0 aliphatic carbocycles. The van der Waals surface area contributed by atoms with E-state index in [4.69, 9.17) is 4.74 Å². The van der Waals surface area contributed by atoms with Crippen LogP contribution in [0.3, 0.4) is 0 Å². The molecule has 0 atom stereocenters. The summed E-state index contributed by atoms with van der Waals surface area (Å²) in [6, 6.07) is 0. The Morgan fingerprint density at radius 2 is 1.92 bits per heavy atom. The molecule has 0 bridgehead atoms. The summed E-state index contributed by atoms with van der Waals surface area (Å²) in [7, 11) is 5.64. The van der Waals surface area contributed by atoms with Crippen LogP contribution >= 0.6 is 0 Å². The first-order valence-electron chi connectivity index (χ1n) is 3.93. The van der Waals surface area contributed by atoms with Gasteiger partial charge >= 0.3 is 0 Å². The fourth-order valence-corrected chi connectivity index (χ4v) is 1.04. The first-order chi connectivity index (χ1) is 5.75. The Bertz CT molecular complexity index is 275. The Morgan fingerprint density at radius 3 is 2.42 bits per heavy atom. The Hall–Kier alpha value is -1.03. The zero-order chi connectivity index (χ0) is 8.97. The number of rotatable bonds is 3. The van der Waals surface area contributed by atoms with Gasteiger partial charge in [0.05, 0.1) is 13.2 Å². The van der Waals surface area contributed by atoms with Crippen LogP contribution in [0.25, 0.3) is 0 Å². The third-order valence-electron chi connectivity index (χ3n) is 1.69. The lowest BCUT2D eigenvalue weighted by Gasteiger charge is -1.95. The van der Waals surface area contributed by atoms with Gasteiger partial charge in [0, 0.05) is 33.6 Å². The smallest absolute Gasteiger partial charge is 0.204 e. The van der Waals surface area contributed by atoms with E-state index in [1.165, 1.54) is 0 Å². The van der Waals surface area contributed by atoms with Crippen molar-refractivity contribution in [3.63, 3.8) is 0 Å². The van der Waals surface area contributed by atoms with E-state index in [0.717, 1.165) is 5.62 Å². The lowest BCUT2D eigenvalue weighted by Crippen LogP contribution is -2.22. The average molecular weight is 169 g/mol. The summed E-state index contributed by atoms with van der Waals surface area (Å²) in [5.74, 6) is 0. The Morgan fingerprint density at radius 1 is 1.33 bits per heavy atom. The van der Waals surface area contributed by atoms with E-state index < -0.39 is 0 Å². The number of methoxy groups -OCH3 is 1. The molecular formula is C8H15N3O. The first kappa shape index (κ1) is 9.06. The molecule has 1 heterocycles. The molecule has 1 aromatic heterocycles. The van der Waals surface area contributed by atoms with E-state index in [-0.39, 0.29) is 0 Å². The second-order valence-corrected chi connectivity index (χ2v) is 2.69. The van der Waals surface area contributed by atoms with E-state index in [2.05, 4.69) is 4.99 Å². The van der Waals surface area contributed by atoms with Crippen LogP contribution in [0.2, 0.25) is 0 Å². The standard InChI is InChI=1S/C8H15N3O/c1-10-5-6-11(2)8(10)9-4-7-12-3/h5-6H,4,7H2,1-3H3. The largest absolute Gasteiger partial charge is 0.383 e. The molecule has 4 heteroatoms. The molecule has 0 aliphatic heterocycles. The van der Waals surface area contributed by atoms with Crippen LogP contribution < -0.4 is 5.62 Å². The van der Waals surface area contributed by atoms with Gasteiger partial charge in [-0.25, -0.2) is 4.99 Å². The number of aryl methyl sites for hydroxylation is 2. The number of ether oxygens (including phenoxy) is 1. The molecule has 1 aromatic rings. The predicted octanol–water partition coefficient (Wildman–Crippen LogP) is -0.0893. The van der Waals surface area contributed by atoms with Gasteiger partial charge in [0.2, 0.25) is 5.62 Å². The fraction of sp³-hybridized carbons (Fsp3) is 0.625. The van der Waals surface area contributed by atoms with Gasteiger partial charge in [-0.05, 0) is 0 Å². The predicted molar refractivity (Wildman–Crippen MR) is 46.7 cm³/mol. The summed E-state index contributed by atoms with van der Waals surface area (Å²) < 4.78 is 8.87. The van der Waals surface area contributed by atoms with Crippen LogP contribution in [-0.4, -0.2) is 29.4 Å². The van der Waals surface area contributed by atoms with Crippen molar-refractivity contribution in [2.45, 2.75) is 0 Å². The molecular weight excluding hydrogens is 154 g/mol. The van der Waals surface area contributed by atoms with Crippen molar-refractivity contribution < 1.29 is 4.74 Å². The third kappa shape index (κ3) is 1.98. The first-order valence-corrected chi connectivity index (χ1v) is 3.93. The molecule has 0 unspecified atom stereocenters. The number of hydrogen-bond donors (Lipinski definition) is 0. The highest BCUT2D eigenvalue weighted by atomic mass is 16.5. The van der Waals surface area contributed by atoms with Crippen LogP contribution in [0, 0.1) is 0 Å². The fourth-order valence-electron chi connectivity index (χ4n) is 1.04. The van der Waals surface area contributed by atoms with E-state index >= 15 is 0 Å².